The molecule has 17 heavy (non-hydrogen) atoms. The molecule has 2 rings (SSSR count). The Balaban J connectivity index is 2.07. The van der Waals surface area contributed by atoms with Crippen LogP contribution in [0.2, 0.25) is 0 Å². The van der Waals surface area contributed by atoms with E-state index in [-0.39, 0.29) is 11.3 Å². The molecule has 0 bridgehead atoms. The summed E-state index contributed by atoms with van der Waals surface area (Å²) in [5.41, 5.74) is 1.18. The summed E-state index contributed by atoms with van der Waals surface area (Å²) in [5, 5.41) is 0. The van der Waals surface area contributed by atoms with Crippen LogP contribution in [0.1, 0.15) is 38.7 Å². The van der Waals surface area contributed by atoms with Gasteiger partial charge in [0.25, 0.3) is 0 Å². The third-order valence-electron chi connectivity index (χ3n) is 3.79. The third-order valence-corrected chi connectivity index (χ3v) is 4.22. The lowest BCUT2D eigenvalue weighted by Gasteiger charge is -2.25. The number of rotatable bonds is 3. The smallest absolute Gasteiger partial charge is 0.140 e. The van der Waals surface area contributed by atoms with Gasteiger partial charge in [-0.1, -0.05) is 20.3 Å². The lowest BCUT2D eigenvalue weighted by Crippen LogP contribution is -2.27. The first-order valence-electron chi connectivity index (χ1n) is 6.11. The highest BCUT2D eigenvalue weighted by Crippen LogP contribution is 2.43. The molecule has 0 amide bonds. The number of hydrogen-bond acceptors (Lipinski definition) is 2. The molecule has 0 aliphatic heterocycles. The van der Waals surface area contributed by atoms with Crippen LogP contribution in [0.5, 0.6) is 0 Å². The maximum absolute atomic E-state index is 12.3. The number of hydrogen-bond donors (Lipinski definition) is 0. The summed E-state index contributed by atoms with van der Waals surface area (Å²) in [6, 6.07) is 1.98. The minimum absolute atomic E-state index is 0.177. The van der Waals surface area contributed by atoms with Crippen molar-refractivity contribution in [1.82, 2.24) is 4.98 Å². The molecule has 1 aliphatic carbocycles. The van der Waals surface area contributed by atoms with Gasteiger partial charge in [-0.15, -0.1) is 0 Å². The maximum Gasteiger partial charge on any atom is 0.140 e. The second-order valence-corrected chi connectivity index (χ2v) is 6.50. The SMILES string of the molecule is CC1(C)CCCC1C(=O)Cc1cncc(Br)c1. The first-order chi connectivity index (χ1) is 7.99. The molecule has 1 saturated carbocycles. The Morgan fingerprint density at radius 1 is 1.53 bits per heavy atom. The number of pyridine rings is 1. The largest absolute Gasteiger partial charge is 0.299 e. The quantitative estimate of drug-likeness (QED) is 0.849. The fraction of sp³-hybridized carbons (Fsp3) is 0.571. The molecule has 1 fully saturated rings. The van der Waals surface area contributed by atoms with E-state index in [9.17, 15) is 4.79 Å². The number of ketones is 1. The van der Waals surface area contributed by atoms with E-state index in [1.165, 1.54) is 12.8 Å². The van der Waals surface area contributed by atoms with Gasteiger partial charge in [0.2, 0.25) is 0 Å². The molecule has 0 spiro atoms. The highest BCUT2D eigenvalue weighted by molar-refractivity contribution is 9.10. The highest BCUT2D eigenvalue weighted by atomic mass is 79.9. The van der Waals surface area contributed by atoms with Gasteiger partial charge in [0.15, 0.2) is 0 Å². The van der Waals surface area contributed by atoms with Crippen molar-refractivity contribution in [2.75, 3.05) is 0 Å². The summed E-state index contributed by atoms with van der Waals surface area (Å²) in [7, 11) is 0. The summed E-state index contributed by atoms with van der Waals surface area (Å²) < 4.78 is 0.938. The van der Waals surface area contributed by atoms with Gasteiger partial charge >= 0.3 is 0 Å². The van der Waals surface area contributed by atoms with Crippen molar-refractivity contribution in [3.63, 3.8) is 0 Å². The zero-order chi connectivity index (χ0) is 12.5. The molecular formula is C14H18BrNO. The normalized spacial score (nSPS) is 22.6. The standard InChI is InChI=1S/C14H18BrNO/c1-14(2)5-3-4-12(14)13(17)7-10-6-11(15)9-16-8-10/h6,8-9,12H,3-5,7H2,1-2H3. The van der Waals surface area contributed by atoms with Crippen molar-refractivity contribution in [2.24, 2.45) is 11.3 Å². The Labute approximate surface area is 111 Å². The third kappa shape index (κ3) is 2.95. The van der Waals surface area contributed by atoms with Crippen LogP contribution < -0.4 is 0 Å². The fourth-order valence-corrected chi connectivity index (χ4v) is 3.21. The monoisotopic (exact) mass is 295 g/mol. The Morgan fingerprint density at radius 3 is 2.88 bits per heavy atom. The van der Waals surface area contributed by atoms with Crippen molar-refractivity contribution in [1.29, 1.82) is 0 Å². The minimum Gasteiger partial charge on any atom is -0.299 e. The van der Waals surface area contributed by atoms with Gasteiger partial charge in [0.1, 0.15) is 5.78 Å². The highest BCUT2D eigenvalue weighted by Gasteiger charge is 2.38. The summed E-state index contributed by atoms with van der Waals surface area (Å²) in [5.74, 6) is 0.592. The van der Waals surface area contributed by atoms with Gasteiger partial charge in [-0.25, -0.2) is 0 Å². The number of aromatic nitrogens is 1. The van der Waals surface area contributed by atoms with E-state index in [1.807, 2.05) is 6.07 Å². The molecule has 0 radical (unpaired) electrons. The second kappa shape index (κ2) is 4.89. The van der Waals surface area contributed by atoms with Crippen LogP contribution in [0.4, 0.5) is 0 Å². The van der Waals surface area contributed by atoms with Crippen LogP contribution >= 0.6 is 15.9 Å². The Bertz CT molecular complexity index is 428. The Morgan fingerprint density at radius 2 is 2.29 bits per heavy atom. The van der Waals surface area contributed by atoms with E-state index in [0.29, 0.717) is 12.2 Å². The Kier molecular flexibility index (Phi) is 3.67. The predicted molar refractivity (Wildman–Crippen MR) is 71.8 cm³/mol. The zero-order valence-corrected chi connectivity index (χ0v) is 12.0. The second-order valence-electron chi connectivity index (χ2n) is 5.59. The molecule has 1 unspecified atom stereocenters. The van der Waals surface area contributed by atoms with Crippen LogP contribution in [0.15, 0.2) is 22.9 Å². The van der Waals surface area contributed by atoms with Gasteiger partial charge < -0.3 is 0 Å². The van der Waals surface area contributed by atoms with Gasteiger partial charge in [-0.05, 0) is 45.8 Å². The van der Waals surface area contributed by atoms with E-state index < -0.39 is 0 Å². The van der Waals surface area contributed by atoms with Crippen LogP contribution in [-0.2, 0) is 11.2 Å². The van der Waals surface area contributed by atoms with Gasteiger partial charge in [0, 0.05) is 29.2 Å². The first kappa shape index (κ1) is 12.7. The fourth-order valence-electron chi connectivity index (χ4n) is 2.80. The van der Waals surface area contributed by atoms with E-state index >= 15 is 0 Å². The van der Waals surface area contributed by atoms with Crippen LogP contribution in [0.3, 0.4) is 0 Å². The zero-order valence-electron chi connectivity index (χ0n) is 10.4. The van der Waals surface area contributed by atoms with Gasteiger partial charge in [-0.2, -0.15) is 0 Å². The molecule has 1 aromatic rings. The minimum atomic E-state index is 0.177. The van der Waals surface area contributed by atoms with E-state index in [4.69, 9.17) is 0 Å². The molecule has 0 N–H and O–H groups in total. The van der Waals surface area contributed by atoms with Crippen LogP contribution in [0.25, 0.3) is 0 Å². The maximum atomic E-state index is 12.3. The summed E-state index contributed by atoms with van der Waals surface area (Å²) in [6.45, 7) is 4.42. The number of nitrogens with zero attached hydrogens (tertiary/aromatic N) is 1. The summed E-state index contributed by atoms with van der Waals surface area (Å²) in [6.07, 6.45) is 7.44. The molecule has 92 valence electrons. The molecule has 1 heterocycles. The number of carbonyl (C=O) groups is 1. The van der Waals surface area contributed by atoms with Crippen molar-refractivity contribution in [3.05, 3.63) is 28.5 Å². The lowest BCUT2D eigenvalue weighted by atomic mass is 9.78. The van der Waals surface area contributed by atoms with E-state index in [2.05, 4.69) is 34.8 Å². The molecule has 1 atom stereocenters. The average molecular weight is 296 g/mol. The molecular weight excluding hydrogens is 278 g/mol. The van der Waals surface area contributed by atoms with Crippen molar-refractivity contribution >= 4 is 21.7 Å². The van der Waals surface area contributed by atoms with Gasteiger partial charge in [-0.3, -0.25) is 9.78 Å². The predicted octanol–water partition coefficient (Wildman–Crippen LogP) is 3.78. The molecule has 0 aromatic carbocycles. The molecule has 3 heteroatoms. The van der Waals surface area contributed by atoms with Crippen molar-refractivity contribution in [3.8, 4) is 0 Å². The number of carbonyl (C=O) groups excluding carboxylic acids is 1. The van der Waals surface area contributed by atoms with Crippen molar-refractivity contribution in [2.45, 2.75) is 39.5 Å². The van der Waals surface area contributed by atoms with E-state index in [1.54, 1.807) is 12.4 Å². The Hall–Kier alpha value is -0.700. The van der Waals surface area contributed by atoms with Crippen molar-refractivity contribution < 1.29 is 4.79 Å². The first-order valence-corrected chi connectivity index (χ1v) is 6.90. The summed E-state index contributed by atoms with van der Waals surface area (Å²) >= 11 is 3.38. The lowest BCUT2D eigenvalue weighted by molar-refractivity contribution is -0.124. The molecule has 0 saturated heterocycles. The van der Waals surface area contributed by atoms with Crippen LogP contribution in [0, 0.1) is 11.3 Å². The van der Waals surface area contributed by atoms with Crippen LogP contribution in [-0.4, -0.2) is 10.8 Å². The molecule has 2 nitrogen and oxygen atoms in total. The summed E-state index contributed by atoms with van der Waals surface area (Å²) in [4.78, 5) is 16.4. The number of halogens is 1. The topological polar surface area (TPSA) is 30.0 Å². The van der Waals surface area contributed by atoms with E-state index in [0.717, 1.165) is 16.5 Å². The molecule has 1 aliphatic rings. The molecule has 1 aromatic heterocycles. The van der Waals surface area contributed by atoms with Gasteiger partial charge in [0.05, 0.1) is 0 Å². The number of Topliss-reactive ketones (excluding diaryl/α,β-unsaturated/α-hetero) is 1. The average Bonchev–Trinajstić information content (AvgIpc) is 2.58.